The van der Waals surface area contributed by atoms with Crippen molar-refractivity contribution in [3.05, 3.63) is 48.8 Å². The molecular formula is C20H27Br2ClN4O3. The van der Waals surface area contributed by atoms with Crippen LogP contribution in [-0.4, -0.2) is 39.1 Å². The molecule has 0 saturated heterocycles. The fourth-order valence-corrected chi connectivity index (χ4v) is 5.36. The number of aromatic nitrogens is 2. The van der Waals surface area contributed by atoms with Crippen LogP contribution in [0.1, 0.15) is 43.5 Å². The van der Waals surface area contributed by atoms with Crippen LogP contribution in [0.3, 0.4) is 0 Å². The molecule has 0 unspecified atom stereocenters. The van der Waals surface area contributed by atoms with E-state index in [-0.39, 0.29) is 18.2 Å². The fraction of sp³-hybridized carbons (Fsp3) is 0.550. The van der Waals surface area contributed by atoms with Crippen LogP contribution in [0, 0.1) is 17.0 Å². The summed E-state index contributed by atoms with van der Waals surface area (Å²) in [7, 11) is 2.17. The molecule has 30 heavy (non-hydrogen) atoms. The van der Waals surface area contributed by atoms with Gasteiger partial charge in [-0.1, -0.05) is 35.2 Å². The van der Waals surface area contributed by atoms with Gasteiger partial charge in [-0.3, -0.25) is 4.90 Å². The third kappa shape index (κ3) is 6.18. The Morgan fingerprint density at radius 3 is 2.67 bits per heavy atom. The van der Waals surface area contributed by atoms with E-state index in [1.165, 1.54) is 38.3 Å². The SMILES string of the molecule is Cc1ncc([N+](=O)[O-])n1CCOc1c(Br)cc(Br)cc1CN(C)C1CCCCC1.Cl. The fourth-order valence-electron chi connectivity index (χ4n) is 3.93. The topological polar surface area (TPSA) is 73.4 Å². The number of benzene rings is 1. The van der Waals surface area contributed by atoms with Crippen molar-refractivity contribution in [1.82, 2.24) is 14.5 Å². The lowest BCUT2D eigenvalue weighted by Crippen LogP contribution is -2.33. The van der Waals surface area contributed by atoms with E-state index >= 15 is 0 Å². The second-order valence-electron chi connectivity index (χ2n) is 7.50. The van der Waals surface area contributed by atoms with Crippen LogP contribution in [0.5, 0.6) is 5.75 Å². The lowest BCUT2D eigenvalue weighted by molar-refractivity contribution is -0.392. The lowest BCUT2D eigenvalue weighted by Gasteiger charge is -2.31. The summed E-state index contributed by atoms with van der Waals surface area (Å²) in [6.07, 6.45) is 7.69. The molecule has 1 saturated carbocycles. The predicted molar refractivity (Wildman–Crippen MR) is 127 cm³/mol. The summed E-state index contributed by atoms with van der Waals surface area (Å²) in [5.41, 5.74) is 1.09. The molecule has 0 atom stereocenters. The Hall–Kier alpha value is -1.16. The zero-order valence-electron chi connectivity index (χ0n) is 17.1. The van der Waals surface area contributed by atoms with Crippen molar-refractivity contribution in [3.63, 3.8) is 0 Å². The third-order valence-electron chi connectivity index (χ3n) is 5.49. The van der Waals surface area contributed by atoms with E-state index in [0.717, 1.165) is 26.8 Å². The van der Waals surface area contributed by atoms with Gasteiger partial charge in [0.05, 0.1) is 4.47 Å². The molecule has 0 N–H and O–H groups in total. The number of aryl methyl sites for hydroxylation is 1. The first-order chi connectivity index (χ1) is 13.9. The van der Waals surface area contributed by atoms with Crippen molar-refractivity contribution in [2.24, 2.45) is 0 Å². The Bertz CT molecular complexity index is 872. The molecule has 1 aromatic carbocycles. The van der Waals surface area contributed by atoms with Gasteiger partial charge in [0.15, 0.2) is 5.82 Å². The maximum absolute atomic E-state index is 11.2. The van der Waals surface area contributed by atoms with Crippen molar-refractivity contribution in [3.8, 4) is 5.75 Å². The highest BCUT2D eigenvalue weighted by molar-refractivity contribution is 9.11. The van der Waals surface area contributed by atoms with Gasteiger partial charge >= 0.3 is 5.82 Å². The molecule has 3 rings (SSSR count). The lowest BCUT2D eigenvalue weighted by atomic mass is 9.94. The molecule has 0 amide bonds. The molecule has 1 fully saturated rings. The Morgan fingerprint density at radius 2 is 2.00 bits per heavy atom. The molecule has 7 nitrogen and oxygen atoms in total. The molecule has 10 heteroatoms. The molecule has 0 spiro atoms. The first-order valence-corrected chi connectivity index (χ1v) is 11.4. The number of halogens is 3. The predicted octanol–water partition coefficient (Wildman–Crippen LogP) is 5.89. The number of hydrogen-bond donors (Lipinski definition) is 0. The second-order valence-corrected chi connectivity index (χ2v) is 9.27. The quantitative estimate of drug-likeness (QED) is 0.294. The maximum Gasteiger partial charge on any atom is 0.342 e. The third-order valence-corrected chi connectivity index (χ3v) is 6.53. The van der Waals surface area contributed by atoms with Gasteiger partial charge in [0.1, 0.15) is 25.1 Å². The van der Waals surface area contributed by atoms with Crippen LogP contribution in [0.4, 0.5) is 5.82 Å². The Balaban J connectivity index is 0.00000320. The Kier molecular flexibility index (Phi) is 9.59. The molecule has 166 valence electrons. The van der Waals surface area contributed by atoms with Crippen LogP contribution >= 0.6 is 44.3 Å². The highest BCUT2D eigenvalue weighted by Crippen LogP contribution is 2.35. The van der Waals surface area contributed by atoms with E-state index in [2.05, 4.69) is 54.9 Å². The van der Waals surface area contributed by atoms with Crippen molar-refractivity contribution >= 4 is 50.1 Å². The normalized spacial score (nSPS) is 14.6. The highest BCUT2D eigenvalue weighted by Gasteiger charge is 2.21. The maximum atomic E-state index is 11.2. The minimum Gasteiger partial charge on any atom is -0.488 e. The molecule has 0 aliphatic heterocycles. The molecule has 1 aliphatic carbocycles. The van der Waals surface area contributed by atoms with Crippen LogP contribution in [0.15, 0.2) is 27.3 Å². The summed E-state index contributed by atoms with van der Waals surface area (Å²) in [5.74, 6) is 1.38. The van der Waals surface area contributed by atoms with Crippen molar-refractivity contribution in [1.29, 1.82) is 0 Å². The molecule has 1 heterocycles. The number of rotatable bonds is 8. The van der Waals surface area contributed by atoms with Gasteiger partial charge < -0.3 is 14.9 Å². The number of ether oxygens (including phenoxy) is 1. The number of imidazole rings is 1. The Labute approximate surface area is 200 Å². The largest absolute Gasteiger partial charge is 0.488 e. The van der Waals surface area contributed by atoms with E-state index in [4.69, 9.17) is 4.74 Å². The Morgan fingerprint density at radius 1 is 1.30 bits per heavy atom. The number of nitrogens with zero attached hydrogens (tertiary/aromatic N) is 4. The van der Waals surface area contributed by atoms with Gasteiger partial charge in [-0.15, -0.1) is 12.4 Å². The van der Waals surface area contributed by atoms with E-state index in [9.17, 15) is 10.1 Å². The zero-order valence-corrected chi connectivity index (χ0v) is 21.1. The molecule has 0 radical (unpaired) electrons. The van der Waals surface area contributed by atoms with Crippen LogP contribution in [0.2, 0.25) is 0 Å². The smallest absolute Gasteiger partial charge is 0.342 e. The van der Waals surface area contributed by atoms with E-state index in [0.29, 0.717) is 25.0 Å². The van der Waals surface area contributed by atoms with Gasteiger partial charge in [0, 0.05) is 29.5 Å². The van der Waals surface area contributed by atoms with Gasteiger partial charge in [0.2, 0.25) is 0 Å². The summed E-state index contributed by atoms with van der Waals surface area (Å²) in [6, 6.07) is 4.65. The number of nitro groups is 1. The molecule has 2 aromatic rings. The van der Waals surface area contributed by atoms with Crippen LogP contribution in [0.25, 0.3) is 0 Å². The first kappa shape index (κ1) is 25.1. The van der Waals surface area contributed by atoms with E-state index < -0.39 is 4.92 Å². The van der Waals surface area contributed by atoms with Gasteiger partial charge in [-0.2, -0.15) is 0 Å². The van der Waals surface area contributed by atoms with E-state index in [1.54, 1.807) is 11.5 Å². The van der Waals surface area contributed by atoms with Crippen molar-refractivity contribution < 1.29 is 9.66 Å². The van der Waals surface area contributed by atoms with E-state index in [1.807, 2.05) is 6.07 Å². The monoisotopic (exact) mass is 564 g/mol. The average molecular weight is 567 g/mol. The average Bonchev–Trinajstić information content (AvgIpc) is 3.05. The van der Waals surface area contributed by atoms with Crippen LogP contribution < -0.4 is 4.74 Å². The van der Waals surface area contributed by atoms with Crippen molar-refractivity contribution in [2.75, 3.05) is 13.7 Å². The standard InChI is InChI=1S/C20H26Br2N4O3.ClH/c1-14-23-12-19(26(27)28)25(14)8-9-29-20-15(10-16(21)11-18(20)22)13-24(2)17-6-4-3-5-7-17;/h10-12,17H,3-9,13H2,1-2H3;1H. The second kappa shape index (κ2) is 11.5. The summed E-state index contributed by atoms with van der Waals surface area (Å²) >= 11 is 7.19. The zero-order chi connectivity index (χ0) is 21.0. The van der Waals surface area contributed by atoms with Gasteiger partial charge in [-0.05, 0) is 52.9 Å². The molecule has 1 aromatic heterocycles. The minimum absolute atomic E-state index is 0. The van der Waals surface area contributed by atoms with Crippen molar-refractivity contribution in [2.45, 2.75) is 58.2 Å². The summed E-state index contributed by atoms with van der Waals surface area (Å²) < 4.78 is 9.54. The highest BCUT2D eigenvalue weighted by atomic mass is 79.9. The summed E-state index contributed by atoms with van der Waals surface area (Å²) in [6.45, 7) is 3.23. The van der Waals surface area contributed by atoms with Gasteiger partial charge in [-0.25, -0.2) is 9.55 Å². The van der Waals surface area contributed by atoms with Crippen LogP contribution in [-0.2, 0) is 13.1 Å². The molecule has 0 bridgehead atoms. The molecule has 1 aliphatic rings. The summed E-state index contributed by atoms with van der Waals surface area (Å²) in [5, 5.41) is 11.2. The first-order valence-electron chi connectivity index (χ1n) is 9.84. The van der Waals surface area contributed by atoms with Gasteiger partial charge in [0.25, 0.3) is 0 Å². The summed E-state index contributed by atoms with van der Waals surface area (Å²) in [4.78, 5) is 17.2. The number of hydrogen-bond acceptors (Lipinski definition) is 5. The molecular weight excluding hydrogens is 540 g/mol. The minimum atomic E-state index is -0.417.